The fraction of sp³-hybridized carbons (Fsp3) is 0.0169. The molecule has 1 aromatic heterocycles. The second-order valence-corrected chi connectivity index (χ2v) is 16.3. The molecule has 2 heteroatoms. The lowest BCUT2D eigenvalue weighted by atomic mass is 9.64. The molecule has 2 heterocycles. The number of nitrogens with zero attached hydrogens (tertiary/aromatic N) is 1. The average molecular weight is 776 g/mol. The van der Waals surface area contributed by atoms with E-state index in [1.807, 2.05) is 0 Å². The Bertz CT molecular complexity index is 3450. The summed E-state index contributed by atoms with van der Waals surface area (Å²) in [4.78, 5) is 2.45. The standard InChI is InChI=1S/C59H37NO/c1-2-17-38(18-3-1)40-19-16-20-41(37-40)55-56-47-25-6-4-21-43(47)44-22-5-7-26-48(44)58(56)61-57(55)39-33-35-42(36-34-39)60-53-31-14-12-29-51(53)59(52-30-13-15-32-54(52)60)49-27-10-8-23-45(49)46-24-9-11-28-50(46)59/h1-37H. The molecular weight excluding hydrogens is 739 g/mol. The van der Waals surface area contributed by atoms with Crippen molar-refractivity contribution in [2.45, 2.75) is 5.41 Å². The largest absolute Gasteiger partial charge is 0.455 e. The van der Waals surface area contributed by atoms with Gasteiger partial charge in [-0.2, -0.15) is 0 Å². The highest BCUT2D eigenvalue weighted by Gasteiger charge is 2.51. The number of hydrogen-bond acceptors (Lipinski definition) is 2. The summed E-state index contributed by atoms with van der Waals surface area (Å²) < 4.78 is 7.22. The van der Waals surface area contributed by atoms with E-state index in [0.29, 0.717) is 0 Å². The second-order valence-electron chi connectivity index (χ2n) is 16.3. The number of fused-ring (bicyclic) bond motifs is 15. The zero-order valence-electron chi connectivity index (χ0n) is 33.2. The van der Waals surface area contributed by atoms with Crippen molar-refractivity contribution in [3.05, 3.63) is 247 Å². The lowest BCUT2D eigenvalue weighted by molar-refractivity contribution is 0.636. The minimum Gasteiger partial charge on any atom is -0.455 e. The van der Waals surface area contributed by atoms with Gasteiger partial charge in [0.15, 0.2) is 0 Å². The van der Waals surface area contributed by atoms with Gasteiger partial charge >= 0.3 is 0 Å². The first-order chi connectivity index (χ1) is 30.3. The topological polar surface area (TPSA) is 16.4 Å². The summed E-state index contributed by atoms with van der Waals surface area (Å²) in [6.07, 6.45) is 0. The summed E-state index contributed by atoms with van der Waals surface area (Å²) in [6.45, 7) is 0. The molecule has 2 aliphatic rings. The Morgan fingerprint density at radius 2 is 0.836 bits per heavy atom. The van der Waals surface area contributed by atoms with Crippen LogP contribution in [-0.2, 0) is 5.41 Å². The van der Waals surface area contributed by atoms with E-state index in [0.717, 1.165) is 44.5 Å². The lowest BCUT2D eigenvalue weighted by Crippen LogP contribution is -2.36. The van der Waals surface area contributed by atoms with Crippen LogP contribution in [0.15, 0.2) is 229 Å². The van der Waals surface area contributed by atoms with Gasteiger partial charge in [0.2, 0.25) is 0 Å². The van der Waals surface area contributed by atoms with Gasteiger partial charge in [-0.05, 0) is 109 Å². The van der Waals surface area contributed by atoms with Crippen molar-refractivity contribution in [2.24, 2.45) is 0 Å². The average Bonchev–Trinajstić information content (AvgIpc) is 3.88. The fourth-order valence-electron chi connectivity index (χ4n) is 10.8. The highest BCUT2D eigenvalue weighted by atomic mass is 16.3. The van der Waals surface area contributed by atoms with Gasteiger partial charge in [0.1, 0.15) is 11.3 Å². The van der Waals surface area contributed by atoms with Gasteiger partial charge in [-0.1, -0.05) is 182 Å². The van der Waals surface area contributed by atoms with Gasteiger partial charge in [-0.3, -0.25) is 0 Å². The molecule has 1 spiro atoms. The van der Waals surface area contributed by atoms with Gasteiger partial charge in [-0.15, -0.1) is 0 Å². The molecule has 10 aromatic carbocycles. The van der Waals surface area contributed by atoms with Crippen molar-refractivity contribution >= 4 is 49.6 Å². The molecule has 1 aliphatic carbocycles. The van der Waals surface area contributed by atoms with Crippen LogP contribution >= 0.6 is 0 Å². The van der Waals surface area contributed by atoms with Crippen molar-refractivity contribution in [1.82, 2.24) is 0 Å². The van der Waals surface area contributed by atoms with Crippen LogP contribution in [0.1, 0.15) is 22.3 Å². The van der Waals surface area contributed by atoms with Crippen molar-refractivity contribution in [3.63, 3.8) is 0 Å². The van der Waals surface area contributed by atoms with Crippen molar-refractivity contribution in [2.75, 3.05) is 4.90 Å². The van der Waals surface area contributed by atoms with Crippen LogP contribution in [0.5, 0.6) is 0 Å². The van der Waals surface area contributed by atoms with E-state index in [1.54, 1.807) is 0 Å². The minimum absolute atomic E-state index is 0.445. The Balaban J connectivity index is 1.03. The maximum Gasteiger partial charge on any atom is 0.143 e. The Labute approximate surface area is 354 Å². The van der Waals surface area contributed by atoms with E-state index in [1.165, 1.54) is 72.0 Å². The van der Waals surface area contributed by atoms with Crippen LogP contribution in [-0.4, -0.2) is 0 Å². The fourth-order valence-corrected chi connectivity index (χ4v) is 10.8. The van der Waals surface area contributed by atoms with E-state index in [-0.39, 0.29) is 0 Å². The number of para-hydroxylation sites is 2. The van der Waals surface area contributed by atoms with Crippen molar-refractivity contribution in [3.8, 4) is 44.7 Å². The molecule has 61 heavy (non-hydrogen) atoms. The number of anilines is 3. The molecule has 0 saturated heterocycles. The molecular formula is C59H37NO. The maximum absolute atomic E-state index is 7.22. The van der Waals surface area contributed by atoms with Crippen LogP contribution in [0.4, 0.5) is 17.1 Å². The third-order valence-corrected chi connectivity index (χ3v) is 13.3. The molecule has 0 saturated carbocycles. The van der Waals surface area contributed by atoms with Crippen LogP contribution in [0.3, 0.4) is 0 Å². The molecule has 284 valence electrons. The molecule has 11 aromatic rings. The highest BCUT2D eigenvalue weighted by Crippen LogP contribution is 2.63. The maximum atomic E-state index is 7.22. The van der Waals surface area contributed by atoms with Crippen LogP contribution < -0.4 is 4.90 Å². The number of benzene rings is 10. The molecule has 0 unspecified atom stereocenters. The van der Waals surface area contributed by atoms with Crippen molar-refractivity contribution in [1.29, 1.82) is 0 Å². The summed E-state index contributed by atoms with van der Waals surface area (Å²) in [5, 5.41) is 5.86. The van der Waals surface area contributed by atoms with Crippen molar-refractivity contribution < 1.29 is 4.42 Å². The normalized spacial score (nSPS) is 13.3. The predicted molar refractivity (Wildman–Crippen MR) is 253 cm³/mol. The van der Waals surface area contributed by atoms with Gasteiger partial charge in [0, 0.05) is 27.6 Å². The molecule has 0 N–H and O–H groups in total. The summed E-state index contributed by atoms with van der Waals surface area (Å²) in [6, 6.07) is 82.0. The highest BCUT2D eigenvalue weighted by molar-refractivity contribution is 6.28. The molecule has 0 amide bonds. The molecule has 0 atom stereocenters. The Kier molecular flexibility index (Phi) is 7.26. The number of rotatable bonds is 4. The number of hydrogen-bond donors (Lipinski definition) is 0. The zero-order chi connectivity index (χ0) is 40.1. The van der Waals surface area contributed by atoms with E-state index >= 15 is 0 Å². The first-order valence-corrected chi connectivity index (χ1v) is 21.1. The Morgan fingerprint density at radius 1 is 0.344 bits per heavy atom. The van der Waals surface area contributed by atoms with Gasteiger partial charge in [0.05, 0.1) is 16.8 Å². The van der Waals surface area contributed by atoms with Gasteiger partial charge < -0.3 is 9.32 Å². The van der Waals surface area contributed by atoms with Gasteiger partial charge in [0.25, 0.3) is 0 Å². The predicted octanol–water partition coefficient (Wildman–Crippen LogP) is 15.9. The van der Waals surface area contributed by atoms with Crippen LogP contribution in [0, 0.1) is 0 Å². The molecule has 2 nitrogen and oxygen atoms in total. The quantitative estimate of drug-likeness (QED) is 0.166. The SMILES string of the molecule is c1ccc(-c2cccc(-c3c(-c4ccc(N5c6ccccc6C6(c7ccccc7-c7ccccc76)c6ccccc65)cc4)oc4c5ccccc5c5ccccc5c34)c2)cc1. The molecule has 13 rings (SSSR count). The number of furan rings is 1. The minimum atomic E-state index is -0.445. The molecule has 0 radical (unpaired) electrons. The van der Waals surface area contributed by atoms with Crippen LogP contribution in [0.25, 0.3) is 77.2 Å². The van der Waals surface area contributed by atoms with E-state index in [4.69, 9.17) is 4.42 Å². The summed E-state index contributed by atoms with van der Waals surface area (Å²) >= 11 is 0. The monoisotopic (exact) mass is 775 g/mol. The third-order valence-electron chi connectivity index (χ3n) is 13.3. The lowest BCUT2D eigenvalue weighted by Gasteiger charge is -2.45. The Morgan fingerprint density at radius 3 is 1.49 bits per heavy atom. The summed E-state index contributed by atoms with van der Waals surface area (Å²) in [5.41, 5.74) is 17.4. The smallest absolute Gasteiger partial charge is 0.143 e. The Hall–Kier alpha value is -7.94. The van der Waals surface area contributed by atoms with Gasteiger partial charge in [-0.25, -0.2) is 0 Å². The first-order valence-electron chi connectivity index (χ1n) is 21.1. The summed E-state index contributed by atoms with van der Waals surface area (Å²) in [5.74, 6) is 0.867. The molecule has 0 bridgehead atoms. The second kappa shape index (κ2) is 13.0. The molecule has 1 aliphatic heterocycles. The first kappa shape index (κ1) is 34.0. The van der Waals surface area contributed by atoms with E-state index < -0.39 is 5.41 Å². The zero-order valence-corrected chi connectivity index (χ0v) is 33.2. The van der Waals surface area contributed by atoms with E-state index in [9.17, 15) is 0 Å². The van der Waals surface area contributed by atoms with Crippen LogP contribution in [0.2, 0.25) is 0 Å². The third kappa shape index (κ3) is 4.73. The molecule has 0 fully saturated rings. The summed E-state index contributed by atoms with van der Waals surface area (Å²) in [7, 11) is 0. The van der Waals surface area contributed by atoms with E-state index in [2.05, 4.69) is 229 Å².